The van der Waals surface area contributed by atoms with E-state index in [4.69, 9.17) is 11.3 Å². The van der Waals surface area contributed by atoms with Gasteiger partial charge >= 0.3 is 5.97 Å². The molecule has 1 saturated heterocycles. The fourth-order valence-electron chi connectivity index (χ4n) is 1.36. The maximum absolute atomic E-state index is 11.6. The van der Waals surface area contributed by atoms with Crippen molar-refractivity contribution in [2.75, 3.05) is 32.7 Å². The second-order valence-corrected chi connectivity index (χ2v) is 5.04. The minimum absolute atomic E-state index is 0.183. The summed E-state index contributed by atoms with van der Waals surface area (Å²) in [6.45, 7) is 9.37. The highest BCUT2D eigenvalue weighted by Gasteiger charge is 2.27. The summed E-state index contributed by atoms with van der Waals surface area (Å²) in [4.78, 5) is 19.1. The van der Waals surface area contributed by atoms with Crippen molar-refractivity contribution in [2.24, 2.45) is 5.41 Å². The van der Waals surface area contributed by atoms with Crippen LogP contribution in [0.5, 0.6) is 0 Å². The SMILES string of the molecule is C#CCN1CCN(OC(=O)C(C)(C)C)CC1. The molecule has 0 atom stereocenters. The van der Waals surface area contributed by atoms with E-state index in [1.165, 1.54) is 0 Å². The van der Waals surface area contributed by atoms with Gasteiger partial charge in [-0.05, 0) is 20.8 Å². The molecule has 0 N–H and O–H groups in total. The van der Waals surface area contributed by atoms with Crippen LogP contribution in [0.1, 0.15) is 20.8 Å². The standard InChI is InChI=1S/C12H20N2O2/c1-5-6-13-7-9-14(10-8-13)16-11(15)12(2,3)4/h1H,6-10H2,2-4H3. The lowest BCUT2D eigenvalue weighted by Crippen LogP contribution is -2.47. The van der Waals surface area contributed by atoms with E-state index in [2.05, 4.69) is 10.8 Å². The summed E-state index contributed by atoms with van der Waals surface area (Å²) in [6, 6.07) is 0. The van der Waals surface area contributed by atoms with E-state index >= 15 is 0 Å². The summed E-state index contributed by atoms with van der Waals surface area (Å²) < 4.78 is 0. The Kier molecular flexibility index (Phi) is 4.34. The number of nitrogens with zero attached hydrogens (tertiary/aromatic N) is 2. The lowest BCUT2D eigenvalue weighted by molar-refractivity contribution is -0.206. The number of hydrogen-bond acceptors (Lipinski definition) is 4. The lowest BCUT2D eigenvalue weighted by atomic mass is 9.98. The zero-order valence-electron chi connectivity index (χ0n) is 10.3. The molecule has 1 aliphatic rings. The van der Waals surface area contributed by atoms with Gasteiger partial charge < -0.3 is 4.84 Å². The van der Waals surface area contributed by atoms with Crippen LogP contribution in [0.15, 0.2) is 0 Å². The number of terminal acetylenes is 1. The third-order valence-electron chi connectivity index (χ3n) is 2.47. The van der Waals surface area contributed by atoms with Crippen LogP contribution in [0, 0.1) is 17.8 Å². The molecule has 4 nitrogen and oxygen atoms in total. The average Bonchev–Trinajstić information content (AvgIpc) is 2.20. The molecule has 0 unspecified atom stereocenters. The van der Waals surface area contributed by atoms with Crippen molar-refractivity contribution < 1.29 is 9.63 Å². The highest BCUT2D eigenvalue weighted by atomic mass is 16.7. The van der Waals surface area contributed by atoms with E-state index in [1.54, 1.807) is 5.06 Å². The Morgan fingerprint density at radius 3 is 2.31 bits per heavy atom. The van der Waals surface area contributed by atoms with E-state index in [-0.39, 0.29) is 5.97 Å². The molecule has 0 aliphatic carbocycles. The highest BCUT2D eigenvalue weighted by Crippen LogP contribution is 2.16. The Morgan fingerprint density at radius 2 is 1.88 bits per heavy atom. The van der Waals surface area contributed by atoms with Gasteiger partial charge in [-0.1, -0.05) is 5.92 Å². The molecule has 16 heavy (non-hydrogen) atoms. The number of hydroxylamine groups is 2. The molecule has 0 aromatic carbocycles. The summed E-state index contributed by atoms with van der Waals surface area (Å²) in [5, 5.41) is 1.72. The van der Waals surface area contributed by atoms with Gasteiger partial charge in [0.1, 0.15) is 0 Å². The Bertz CT molecular complexity index is 280. The van der Waals surface area contributed by atoms with Gasteiger partial charge in [-0.15, -0.1) is 11.5 Å². The third-order valence-corrected chi connectivity index (χ3v) is 2.47. The Hall–Kier alpha value is -1.05. The topological polar surface area (TPSA) is 32.8 Å². The van der Waals surface area contributed by atoms with Gasteiger partial charge in [0.25, 0.3) is 0 Å². The molecule has 1 heterocycles. The van der Waals surface area contributed by atoms with E-state index in [1.807, 2.05) is 20.8 Å². The third kappa shape index (κ3) is 3.84. The van der Waals surface area contributed by atoms with Gasteiger partial charge in [-0.3, -0.25) is 4.90 Å². The first-order chi connectivity index (χ1) is 7.43. The van der Waals surface area contributed by atoms with Gasteiger partial charge in [-0.25, -0.2) is 4.79 Å². The Balaban J connectivity index is 2.33. The summed E-state index contributed by atoms with van der Waals surface area (Å²) in [5.41, 5.74) is -0.448. The molecule has 4 heteroatoms. The number of carbonyl (C=O) groups excluding carboxylic acids is 1. The minimum Gasteiger partial charge on any atom is -0.367 e. The first kappa shape index (κ1) is 13.0. The van der Waals surface area contributed by atoms with Crippen molar-refractivity contribution in [2.45, 2.75) is 20.8 Å². The van der Waals surface area contributed by atoms with Gasteiger partial charge in [0.05, 0.1) is 12.0 Å². The number of carbonyl (C=O) groups is 1. The first-order valence-corrected chi connectivity index (χ1v) is 5.56. The molecule has 0 spiro atoms. The predicted octanol–water partition coefficient (Wildman–Crippen LogP) is 0.741. The quantitative estimate of drug-likeness (QED) is 0.648. The molecular formula is C12H20N2O2. The molecule has 1 fully saturated rings. The first-order valence-electron chi connectivity index (χ1n) is 5.56. The van der Waals surface area contributed by atoms with E-state index < -0.39 is 5.41 Å². The van der Waals surface area contributed by atoms with E-state index in [9.17, 15) is 4.79 Å². The average molecular weight is 224 g/mol. The van der Waals surface area contributed by atoms with Crippen molar-refractivity contribution >= 4 is 5.97 Å². The maximum atomic E-state index is 11.6. The fourth-order valence-corrected chi connectivity index (χ4v) is 1.36. The van der Waals surface area contributed by atoms with Crippen molar-refractivity contribution in [3.05, 3.63) is 0 Å². The number of hydrogen-bond donors (Lipinski definition) is 0. The Morgan fingerprint density at radius 1 is 1.31 bits per heavy atom. The summed E-state index contributed by atoms with van der Waals surface area (Å²) in [6.07, 6.45) is 5.24. The van der Waals surface area contributed by atoms with Crippen LogP contribution in [0.3, 0.4) is 0 Å². The van der Waals surface area contributed by atoms with E-state index in [0.717, 1.165) is 26.2 Å². The van der Waals surface area contributed by atoms with Crippen molar-refractivity contribution in [3.63, 3.8) is 0 Å². The van der Waals surface area contributed by atoms with Crippen LogP contribution >= 0.6 is 0 Å². The number of piperazine rings is 1. The van der Waals surface area contributed by atoms with Crippen molar-refractivity contribution in [1.82, 2.24) is 9.96 Å². The second-order valence-electron chi connectivity index (χ2n) is 5.04. The van der Waals surface area contributed by atoms with E-state index in [0.29, 0.717) is 6.54 Å². The van der Waals surface area contributed by atoms with Gasteiger partial charge in [0, 0.05) is 26.2 Å². The fraction of sp³-hybridized carbons (Fsp3) is 0.750. The summed E-state index contributed by atoms with van der Waals surface area (Å²) >= 11 is 0. The minimum atomic E-state index is -0.448. The highest BCUT2D eigenvalue weighted by molar-refractivity contribution is 5.75. The van der Waals surface area contributed by atoms with Gasteiger partial charge in [-0.2, -0.15) is 0 Å². The monoisotopic (exact) mass is 224 g/mol. The summed E-state index contributed by atoms with van der Waals surface area (Å²) in [5.74, 6) is 2.43. The molecule has 0 radical (unpaired) electrons. The molecule has 0 aromatic heterocycles. The number of rotatable bonds is 2. The lowest BCUT2D eigenvalue weighted by Gasteiger charge is -2.33. The predicted molar refractivity (Wildman–Crippen MR) is 62.4 cm³/mol. The zero-order chi connectivity index (χ0) is 12.2. The molecular weight excluding hydrogens is 204 g/mol. The van der Waals surface area contributed by atoms with Gasteiger partial charge in [0.15, 0.2) is 0 Å². The molecule has 1 rings (SSSR count). The molecule has 0 amide bonds. The zero-order valence-corrected chi connectivity index (χ0v) is 10.3. The van der Waals surface area contributed by atoms with Crippen LogP contribution in [-0.4, -0.2) is 48.7 Å². The summed E-state index contributed by atoms with van der Waals surface area (Å²) in [7, 11) is 0. The largest absolute Gasteiger partial charge is 0.367 e. The smallest absolute Gasteiger partial charge is 0.330 e. The van der Waals surface area contributed by atoms with Crippen molar-refractivity contribution in [1.29, 1.82) is 0 Å². The van der Waals surface area contributed by atoms with Crippen LogP contribution < -0.4 is 0 Å². The molecule has 90 valence electrons. The van der Waals surface area contributed by atoms with Crippen LogP contribution in [-0.2, 0) is 9.63 Å². The molecule has 0 aromatic rings. The van der Waals surface area contributed by atoms with Crippen LogP contribution in [0.2, 0.25) is 0 Å². The van der Waals surface area contributed by atoms with Gasteiger partial charge in [0.2, 0.25) is 0 Å². The van der Waals surface area contributed by atoms with Crippen LogP contribution in [0.4, 0.5) is 0 Å². The van der Waals surface area contributed by atoms with Crippen molar-refractivity contribution in [3.8, 4) is 12.3 Å². The molecule has 1 aliphatic heterocycles. The Labute approximate surface area is 97.5 Å². The molecule has 0 saturated carbocycles. The second kappa shape index (κ2) is 5.33. The van der Waals surface area contributed by atoms with Crippen LogP contribution in [0.25, 0.3) is 0 Å². The molecule has 0 bridgehead atoms. The normalized spacial score (nSPS) is 19.1. The maximum Gasteiger partial charge on any atom is 0.330 e.